The molecule has 0 bridgehead atoms. The highest BCUT2D eigenvalue weighted by molar-refractivity contribution is 8.18. The number of phenols is 1. The summed E-state index contributed by atoms with van der Waals surface area (Å²) in [5, 5.41) is 12.2. The van der Waals surface area contributed by atoms with Crippen molar-refractivity contribution >= 4 is 46.2 Å². The van der Waals surface area contributed by atoms with E-state index in [0.717, 1.165) is 23.9 Å². The minimum atomic E-state index is -0.784. The molecule has 0 unspecified atom stereocenters. The molecular weight excluding hydrogens is 358 g/mol. The lowest BCUT2D eigenvalue weighted by Crippen LogP contribution is -2.19. The Hall–Kier alpha value is -2.38. The molecule has 1 aliphatic heterocycles. The normalized spacial score (nSPS) is 17.5. The molecule has 0 saturated carbocycles. The van der Waals surface area contributed by atoms with Gasteiger partial charge >= 0.3 is 0 Å². The van der Waals surface area contributed by atoms with Gasteiger partial charge in [0, 0.05) is 6.07 Å². The lowest BCUT2D eigenvalue weighted by Gasteiger charge is -1.99. The minimum absolute atomic E-state index is 0.191. The number of hydrogen-bond donors (Lipinski definition) is 2. The third-order valence-electron chi connectivity index (χ3n) is 3.05. The van der Waals surface area contributed by atoms with Crippen molar-refractivity contribution in [2.45, 2.75) is 0 Å². The van der Waals surface area contributed by atoms with Crippen molar-refractivity contribution in [3.05, 3.63) is 63.5 Å². The highest BCUT2D eigenvalue weighted by atomic mass is 35.5. The summed E-state index contributed by atoms with van der Waals surface area (Å²) in [6, 6.07) is 7.50. The van der Waals surface area contributed by atoms with Crippen LogP contribution >= 0.6 is 23.4 Å². The molecular formula is C16H9ClF2N2O2S. The molecule has 0 spiro atoms. The Morgan fingerprint density at radius 2 is 2.00 bits per heavy atom. The molecule has 2 aromatic carbocycles. The molecule has 1 aliphatic rings. The van der Waals surface area contributed by atoms with Crippen LogP contribution in [0.15, 0.2) is 46.3 Å². The fraction of sp³-hybridized carbons (Fsp3) is 0. The largest absolute Gasteiger partial charge is 0.505 e. The molecule has 8 heteroatoms. The van der Waals surface area contributed by atoms with Crippen molar-refractivity contribution in [3.63, 3.8) is 0 Å². The number of rotatable bonds is 2. The SMILES string of the molecule is O=C1NC(=Nc2cc(F)ccc2Cl)SC1=Cc1ccc(O)c(F)c1. The summed E-state index contributed by atoms with van der Waals surface area (Å²) in [6.45, 7) is 0. The first-order valence-corrected chi connectivity index (χ1v) is 7.85. The maximum atomic E-state index is 13.3. The van der Waals surface area contributed by atoms with Crippen LogP contribution in [0.1, 0.15) is 5.56 Å². The second-order valence-electron chi connectivity index (χ2n) is 4.79. The van der Waals surface area contributed by atoms with Crippen LogP contribution in [0, 0.1) is 11.6 Å². The zero-order valence-corrected chi connectivity index (χ0v) is 13.5. The Morgan fingerprint density at radius 3 is 2.75 bits per heavy atom. The van der Waals surface area contributed by atoms with Gasteiger partial charge in [0.15, 0.2) is 16.7 Å². The quantitative estimate of drug-likeness (QED) is 0.782. The van der Waals surface area contributed by atoms with Gasteiger partial charge in [-0.25, -0.2) is 13.8 Å². The molecule has 1 saturated heterocycles. The zero-order valence-electron chi connectivity index (χ0n) is 11.9. The topological polar surface area (TPSA) is 61.7 Å². The van der Waals surface area contributed by atoms with Gasteiger partial charge in [0.2, 0.25) is 0 Å². The van der Waals surface area contributed by atoms with E-state index in [4.69, 9.17) is 16.7 Å². The van der Waals surface area contributed by atoms with Crippen LogP contribution in [0.3, 0.4) is 0 Å². The van der Waals surface area contributed by atoms with Gasteiger partial charge in [0.05, 0.1) is 15.6 Å². The second kappa shape index (κ2) is 6.62. The molecule has 2 N–H and O–H groups in total. The summed E-state index contributed by atoms with van der Waals surface area (Å²) in [7, 11) is 0. The molecule has 1 amide bonds. The Kier molecular flexibility index (Phi) is 4.55. The Labute approximate surface area is 144 Å². The lowest BCUT2D eigenvalue weighted by atomic mass is 10.2. The third-order valence-corrected chi connectivity index (χ3v) is 4.28. The molecule has 0 aromatic heterocycles. The highest BCUT2D eigenvalue weighted by Crippen LogP contribution is 2.31. The predicted molar refractivity (Wildman–Crippen MR) is 90.3 cm³/mol. The Morgan fingerprint density at radius 1 is 1.21 bits per heavy atom. The van der Waals surface area contributed by atoms with Crippen LogP contribution in [0.25, 0.3) is 6.08 Å². The number of amides is 1. The van der Waals surface area contributed by atoms with Crippen molar-refractivity contribution < 1.29 is 18.7 Å². The number of amidine groups is 1. The number of carbonyl (C=O) groups is 1. The van der Waals surface area contributed by atoms with Crippen LogP contribution in [0.4, 0.5) is 14.5 Å². The van der Waals surface area contributed by atoms with E-state index in [9.17, 15) is 13.6 Å². The average Bonchev–Trinajstić information content (AvgIpc) is 2.86. The van der Waals surface area contributed by atoms with E-state index in [-0.39, 0.29) is 20.8 Å². The molecule has 1 heterocycles. The first kappa shape index (κ1) is 16.5. The monoisotopic (exact) mass is 366 g/mol. The first-order chi connectivity index (χ1) is 11.4. The van der Waals surface area contributed by atoms with E-state index in [1.807, 2.05) is 0 Å². The van der Waals surface area contributed by atoms with Crippen LogP contribution in [0.2, 0.25) is 5.02 Å². The van der Waals surface area contributed by atoms with E-state index >= 15 is 0 Å². The number of thioether (sulfide) groups is 1. The van der Waals surface area contributed by atoms with Crippen LogP contribution in [0.5, 0.6) is 5.75 Å². The molecule has 0 atom stereocenters. The van der Waals surface area contributed by atoms with Gasteiger partial charge in [-0.05, 0) is 47.7 Å². The van der Waals surface area contributed by atoms with Crippen LogP contribution in [-0.4, -0.2) is 16.2 Å². The van der Waals surface area contributed by atoms with Crippen molar-refractivity contribution in [1.29, 1.82) is 0 Å². The Balaban J connectivity index is 1.87. The van der Waals surface area contributed by atoms with Gasteiger partial charge < -0.3 is 10.4 Å². The van der Waals surface area contributed by atoms with Gasteiger partial charge in [0.25, 0.3) is 5.91 Å². The first-order valence-electron chi connectivity index (χ1n) is 6.65. The minimum Gasteiger partial charge on any atom is -0.505 e. The maximum Gasteiger partial charge on any atom is 0.264 e. The van der Waals surface area contributed by atoms with Gasteiger partial charge in [-0.15, -0.1) is 0 Å². The summed E-state index contributed by atoms with van der Waals surface area (Å²) in [4.78, 5) is 16.3. The highest BCUT2D eigenvalue weighted by Gasteiger charge is 2.24. The number of carbonyl (C=O) groups excluding carboxylic acids is 1. The van der Waals surface area contributed by atoms with E-state index in [1.54, 1.807) is 0 Å². The number of nitrogens with one attached hydrogen (secondary N) is 1. The van der Waals surface area contributed by atoms with Crippen LogP contribution < -0.4 is 5.32 Å². The molecule has 1 fully saturated rings. The second-order valence-corrected chi connectivity index (χ2v) is 6.23. The average molecular weight is 367 g/mol. The van der Waals surface area contributed by atoms with Crippen LogP contribution in [-0.2, 0) is 4.79 Å². The number of aromatic hydroxyl groups is 1. The Bertz CT molecular complexity index is 900. The van der Waals surface area contributed by atoms with Crippen molar-refractivity contribution in [2.75, 3.05) is 0 Å². The van der Waals surface area contributed by atoms with Crippen molar-refractivity contribution in [2.24, 2.45) is 4.99 Å². The number of aliphatic imine (C=N–C) groups is 1. The number of nitrogens with zero attached hydrogens (tertiary/aromatic N) is 1. The number of hydrogen-bond acceptors (Lipinski definition) is 4. The summed E-state index contributed by atoms with van der Waals surface area (Å²) in [6.07, 6.45) is 1.46. The van der Waals surface area contributed by atoms with Crippen molar-refractivity contribution in [3.8, 4) is 5.75 Å². The maximum absolute atomic E-state index is 13.3. The van der Waals surface area contributed by atoms with Gasteiger partial charge in [-0.3, -0.25) is 4.79 Å². The standard InChI is InChI=1S/C16H9ClF2N2O2S/c17-10-3-2-9(18)7-12(10)20-16-21-15(23)14(24-16)6-8-1-4-13(22)11(19)5-8/h1-7,22H,(H,20,21,23). The fourth-order valence-electron chi connectivity index (χ4n) is 1.93. The van der Waals surface area contributed by atoms with Crippen molar-refractivity contribution in [1.82, 2.24) is 5.32 Å². The summed E-state index contributed by atoms with van der Waals surface area (Å²) >= 11 is 6.95. The zero-order chi connectivity index (χ0) is 17.3. The summed E-state index contributed by atoms with van der Waals surface area (Å²) < 4.78 is 26.6. The van der Waals surface area contributed by atoms with E-state index in [1.165, 1.54) is 30.3 Å². The molecule has 2 aromatic rings. The molecule has 0 radical (unpaired) electrons. The third kappa shape index (κ3) is 3.58. The van der Waals surface area contributed by atoms with E-state index in [0.29, 0.717) is 5.56 Å². The smallest absolute Gasteiger partial charge is 0.264 e. The van der Waals surface area contributed by atoms with Gasteiger partial charge in [0.1, 0.15) is 5.82 Å². The molecule has 0 aliphatic carbocycles. The van der Waals surface area contributed by atoms with Gasteiger partial charge in [-0.2, -0.15) is 0 Å². The molecule has 122 valence electrons. The lowest BCUT2D eigenvalue weighted by molar-refractivity contribution is -0.115. The number of benzene rings is 2. The summed E-state index contributed by atoms with van der Waals surface area (Å²) in [5.41, 5.74) is 0.601. The molecule has 24 heavy (non-hydrogen) atoms. The van der Waals surface area contributed by atoms with Gasteiger partial charge in [-0.1, -0.05) is 17.7 Å². The fourth-order valence-corrected chi connectivity index (χ4v) is 2.92. The number of phenolic OH excluding ortho intramolecular Hbond substituents is 1. The number of halogens is 3. The predicted octanol–water partition coefficient (Wildman–Crippen LogP) is 4.22. The molecule has 4 nitrogen and oxygen atoms in total. The molecule has 3 rings (SSSR count). The van der Waals surface area contributed by atoms with E-state index < -0.39 is 23.3 Å². The van der Waals surface area contributed by atoms with E-state index in [2.05, 4.69) is 10.3 Å². The summed E-state index contributed by atoms with van der Waals surface area (Å²) in [5.74, 6) is -2.17.